The third-order valence-corrected chi connectivity index (χ3v) is 4.56. The molecule has 1 heterocycles. The van der Waals surface area contributed by atoms with Crippen LogP contribution in [0.15, 0.2) is 12.1 Å². The van der Waals surface area contributed by atoms with Gasteiger partial charge in [0.05, 0.1) is 20.3 Å². The third-order valence-electron chi connectivity index (χ3n) is 4.10. The molecule has 0 aromatic heterocycles. The minimum Gasteiger partial charge on any atom is -0.493 e. The van der Waals surface area contributed by atoms with Crippen LogP contribution in [0, 0.1) is 6.92 Å². The van der Waals surface area contributed by atoms with Gasteiger partial charge in [-0.15, -0.1) is 0 Å². The van der Waals surface area contributed by atoms with Crippen LogP contribution in [0.25, 0.3) is 0 Å². The van der Waals surface area contributed by atoms with Crippen molar-refractivity contribution in [2.24, 2.45) is 0 Å². The molecule has 6 heteroatoms. The second-order valence-corrected chi connectivity index (χ2v) is 6.20. The van der Waals surface area contributed by atoms with E-state index >= 15 is 0 Å². The van der Waals surface area contributed by atoms with Gasteiger partial charge in [0, 0.05) is 26.7 Å². The molecule has 0 unspecified atom stereocenters. The zero-order chi connectivity index (χ0) is 16.8. The summed E-state index contributed by atoms with van der Waals surface area (Å²) in [6.45, 7) is 4.41. The molecule has 1 aliphatic rings. The van der Waals surface area contributed by atoms with Gasteiger partial charge in [-0.05, 0) is 55.2 Å². The number of hydrogen-bond acceptors (Lipinski definition) is 4. The van der Waals surface area contributed by atoms with E-state index in [9.17, 15) is 0 Å². The second-order valence-electron chi connectivity index (χ2n) is 5.81. The molecule has 23 heavy (non-hydrogen) atoms. The molecule has 2 rings (SSSR count). The van der Waals surface area contributed by atoms with Crippen LogP contribution in [0.5, 0.6) is 11.5 Å². The van der Waals surface area contributed by atoms with Crippen molar-refractivity contribution in [3.8, 4) is 11.5 Å². The van der Waals surface area contributed by atoms with Crippen LogP contribution < -0.4 is 14.8 Å². The first-order valence-corrected chi connectivity index (χ1v) is 8.28. The van der Waals surface area contributed by atoms with E-state index in [-0.39, 0.29) is 6.10 Å². The molecule has 0 saturated carbocycles. The topological polar surface area (TPSA) is 43.0 Å². The number of methoxy groups -OCH3 is 2. The summed E-state index contributed by atoms with van der Waals surface area (Å²) in [6, 6.07) is 4.00. The van der Waals surface area contributed by atoms with Crippen LogP contribution in [0.3, 0.4) is 0 Å². The van der Waals surface area contributed by atoms with Crippen LogP contribution in [0.1, 0.15) is 24.0 Å². The number of thiocarbonyl (C=S) groups is 1. The molecule has 1 aromatic rings. The van der Waals surface area contributed by atoms with E-state index in [4.69, 9.17) is 26.4 Å². The molecule has 1 aliphatic heterocycles. The van der Waals surface area contributed by atoms with Gasteiger partial charge in [0.1, 0.15) is 0 Å². The monoisotopic (exact) mass is 338 g/mol. The molecule has 0 radical (unpaired) electrons. The van der Waals surface area contributed by atoms with Crippen molar-refractivity contribution >= 4 is 17.3 Å². The van der Waals surface area contributed by atoms with Crippen molar-refractivity contribution in [2.75, 3.05) is 34.4 Å². The number of nitrogens with zero attached hydrogens (tertiary/aromatic N) is 1. The van der Waals surface area contributed by atoms with E-state index in [0.717, 1.165) is 53.7 Å². The number of aryl methyl sites for hydroxylation is 1. The zero-order valence-electron chi connectivity index (χ0n) is 14.3. The maximum Gasteiger partial charge on any atom is 0.169 e. The minimum absolute atomic E-state index is 0.282. The maximum absolute atomic E-state index is 5.61. The maximum atomic E-state index is 5.61. The molecule has 128 valence electrons. The number of rotatable bonds is 6. The third kappa shape index (κ3) is 4.72. The summed E-state index contributed by atoms with van der Waals surface area (Å²) in [5.41, 5.74) is 2.31. The van der Waals surface area contributed by atoms with Gasteiger partial charge in [-0.2, -0.15) is 0 Å². The first kappa shape index (κ1) is 17.8. The molecule has 1 N–H and O–H groups in total. The normalized spacial score (nSPS) is 17.0. The summed E-state index contributed by atoms with van der Waals surface area (Å²) in [6.07, 6.45) is 2.53. The molecule has 1 aromatic carbocycles. The molecule has 0 aliphatic carbocycles. The molecule has 5 nitrogen and oxygen atoms in total. The highest BCUT2D eigenvalue weighted by Gasteiger charge is 2.17. The Bertz CT molecular complexity index is 545. The Morgan fingerprint density at radius 3 is 2.65 bits per heavy atom. The van der Waals surface area contributed by atoms with Crippen molar-refractivity contribution < 1.29 is 14.2 Å². The fourth-order valence-corrected chi connectivity index (χ4v) is 2.81. The highest BCUT2D eigenvalue weighted by atomic mass is 32.1. The van der Waals surface area contributed by atoms with Crippen LogP contribution in [-0.4, -0.2) is 50.5 Å². The lowest BCUT2D eigenvalue weighted by Gasteiger charge is -2.23. The molecule has 0 amide bonds. The number of hydrogen-bond donors (Lipinski definition) is 1. The Labute approximate surface area is 143 Å². The highest BCUT2D eigenvalue weighted by Crippen LogP contribution is 2.30. The van der Waals surface area contributed by atoms with Gasteiger partial charge in [0.2, 0.25) is 0 Å². The SMILES string of the molecule is COc1cc(C)c(CN(C)C(=S)NC[C@H]2CCCO2)cc1OC. The highest BCUT2D eigenvalue weighted by molar-refractivity contribution is 7.80. The lowest BCUT2D eigenvalue weighted by molar-refractivity contribution is 0.113. The van der Waals surface area contributed by atoms with Crippen molar-refractivity contribution in [1.82, 2.24) is 10.2 Å². The number of ether oxygens (including phenoxy) is 3. The molecular formula is C17H26N2O3S. The predicted molar refractivity (Wildman–Crippen MR) is 95.3 cm³/mol. The average molecular weight is 338 g/mol. The van der Waals surface area contributed by atoms with E-state index in [1.807, 2.05) is 24.1 Å². The molecular weight excluding hydrogens is 312 g/mol. The summed E-state index contributed by atoms with van der Waals surface area (Å²) >= 11 is 5.47. The summed E-state index contributed by atoms with van der Waals surface area (Å²) in [7, 11) is 5.28. The molecule has 0 bridgehead atoms. The largest absolute Gasteiger partial charge is 0.493 e. The van der Waals surface area contributed by atoms with E-state index < -0.39 is 0 Å². The van der Waals surface area contributed by atoms with Gasteiger partial charge >= 0.3 is 0 Å². The van der Waals surface area contributed by atoms with Gasteiger partial charge in [0.15, 0.2) is 16.6 Å². The smallest absolute Gasteiger partial charge is 0.169 e. The zero-order valence-corrected chi connectivity index (χ0v) is 15.2. The first-order chi connectivity index (χ1) is 11.0. The van der Waals surface area contributed by atoms with Gasteiger partial charge in [-0.3, -0.25) is 0 Å². The quantitative estimate of drug-likeness (QED) is 0.804. The Morgan fingerprint density at radius 2 is 2.04 bits per heavy atom. The number of benzene rings is 1. The van der Waals surface area contributed by atoms with Gasteiger partial charge in [0.25, 0.3) is 0 Å². The van der Waals surface area contributed by atoms with Crippen molar-refractivity contribution in [3.05, 3.63) is 23.3 Å². The van der Waals surface area contributed by atoms with E-state index in [1.54, 1.807) is 14.2 Å². The van der Waals surface area contributed by atoms with Crippen molar-refractivity contribution in [3.63, 3.8) is 0 Å². The van der Waals surface area contributed by atoms with Gasteiger partial charge in [-0.25, -0.2) is 0 Å². The van der Waals surface area contributed by atoms with Gasteiger partial charge < -0.3 is 24.4 Å². The predicted octanol–water partition coefficient (Wildman–Crippen LogP) is 2.50. The standard InChI is InChI=1S/C17H26N2O3S/c1-12-8-15(20-3)16(21-4)9-13(12)11-19(2)17(23)18-10-14-6-5-7-22-14/h8-9,14H,5-7,10-11H2,1-4H3,(H,18,23)/t14-/m1/s1. The van der Waals surface area contributed by atoms with Crippen molar-refractivity contribution in [2.45, 2.75) is 32.4 Å². The molecule has 0 spiro atoms. The van der Waals surface area contributed by atoms with E-state index in [2.05, 4.69) is 12.2 Å². The van der Waals surface area contributed by atoms with Crippen LogP contribution in [-0.2, 0) is 11.3 Å². The van der Waals surface area contributed by atoms with E-state index in [1.165, 1.54) is 0 Å². The second kappa shape index (κ2) is 8.36. The molecule has 1 atom stereocenters. The Kier molecular flexibility index (Phi) is 6.47. The number of nitrogens with one attached hydrogen (secondary N) is 1. The van der Waals surface area contributed by atoms with E-state index in [0.29, 0.717) is 6.54 Å². The molecule has 1 saturated heterocycles. The van der Waals surface area contributed by atoms with Gasteiger partial charge in [-0.1, -0.05) is 0 Å². The summed E-state index contributed by atoms with van der Waals surface area (Å²) in [5, 5.41) is 4.02. The Balaban J connectivity index is 1.95. The van der Waals surface area contributed by atoms with Crippen molar-refractivity contribution in [1.29, 1.82) is 0 Å². The first-order valence-electron chi connectivity index (χ1n) is 7.87. The van der Waals surface area contributed by atoms with Crippen LogP contribution >= 0.6 is 12.2 Å². The van der Waals surface area contributed by atoms with Crippen LogP contribution in [0.4, 0.5) is 0 Å². The van der Waals surface area contributed by atoms with Crippen LogP contribution in [0.2, 0.25) is 0 Å². The minimum atomic E-state index is 0.282. The Morgan fingerprint density at radius 1 is 1.35 bits per heavy atom. The summed E-state index contributed by atoms with van der Waals surface area (Å²) < 4.78 is 16.3. The summed E-state index contributed by atoms with van der Waals surface area (Å²) in [5.74, 6) is 1.48. The average Bonchev–Trinajstić information content (AvgIpc) is 3.07. The lowest BCUT2D eigenvalue weighted by atomic mass is 10.1. The summed E-state index contributed by atoms with van der Waals surface area (Å²) in [4.78, 5) is 2.03. The fourth-order valence-electron chi connectivity index (χ4n) is 2.66. The Hall–Kier alpha value is -1.53. The molecule has 1 fully saturated rings. The fraction of sp³-hybridized carbons (Fsp3) is 0.588. The lowest BCUT2D eigenvalue weighted by Crippen LogP contribution is -2.40.